The van der Waals surface area contributed by atoms with Crippen molar-refractivity contribution in [1.82, 2.24) is 4.90 Å². The zero-order valence-electron chi connectivity index (χ0n) is 14.7. The molecule has 0 saturated carbocycles. The highest BCUT2D eigenvalue weighted by atomic mass is 16.5. The molecule has 2 aromatic carbocycles. The van der Waals surface area contributed by atoms with Crippen molar-refractivity contribution in [3.8, 4) is 5.75 Å². The van der Waals surface area contributed by atoms with Crippen molar-refractivity contribution in [2.75, 3.05) is 13.1 Å². The summed E-state index contributed by atoms with van der Waals surface area (Å²) in [6.07, 6.45) is 2.18. The smallest absolute Gasteiger partial charge is 0.254 e. The van der Waals surface area contributed by atoms with E-state index in [4.69, 9.17) is 10.5 Å². The van der Waals surface area contributed by atoms with Crippen LogP contribution >= 0.6 is 0 Å². The van der Waals surface area contributed by atoms with E-state index >= 15 is 0 Å². The maximum Gasteiger partial charge on any atom is 0.254 e. The largest absolute Gasteiger partial charge is 0.489 e. The number of hydrogen-bond donors (Lipinski definition) is 1. The molecule has 0 bridgehead atoms. The first-order valence-corrected chi connectivity index (χ1v) is 8.97. The van der Waals surface area contributed by atoms with Crippen LogP contribution in [0.4, 0.5) is 0 Å². The second-order valence-corrected chi connectivity index (χ2v) is 6.72. The molecule has 0 aliphatic carbocycles. The van der Waals surface area contributed by atoms with E-state index in [-0.39, 0.29) is 11.9 Å². The molecule has 2 unspecified atom stereocenters. The van der Waals surface area contributed by atoms with Gasteiger partial charge in [-0.2, -0.15) is 0 Å². The third-order valence-electron chi connectivity index (χ3n) is 4.97. The molecule has 0 radical (unpaired) electrons. The normalized spacial score (nSPS) is 20.3. The summed E-state index contributed by atoms with van der Waals surface area (Å²) < 4.78 is 5.79. The molecular formula is C21H26N2O2. The average Bonchev–Trinajstić information content (AvgIpc) is 2.67. The zero-order valence-corrected chi connectivity index (χ0v) is 14.7. The molecule has 2 aromatic rings. The molecule has 1 aliphatic rings. The summed E-state index contributed by atoms with van der Waals surface area (Å²) in [4.78, 5) is 14.8. The number of benzene rings is 2. The fourth-order valence-electron chi connectivity index (χ4n) is 3.46. The molecule has 3 rings (SSSR count). The van der Waals surface area contributed by atoms with E-state index in [1.54, 1.807) is 0 Å². The number of nitrogens with zero attached hydrogens (tertiary/aromatic N) is 1. The standard InChI is InChI=1S/C21H26N2O2/c1-16-6-5-13-23(20(16)14-22)21(24)18-9-11-19(12-10-18)25-15-17-7-3-2-4-8-17/h2-4,7-12,16,20H,5-6,13-15,22H2,1H3. The molecule has 25 heavy (non-hydrogen) atoms. The Balaban J connectivity index is 1.64. The van der Waals surface area contributed by atoms with E-state index in [1.165, 1.54) is 0 Å². The summed E-state index contributed by atoms with van der Waals surface area (Å²) in [5.74, 6) is 1.29. The van der Waals surface area contributed by atoms with Crippen molar-refractivity contribution in [2.45, 2.75) is 32.4 Å². The van der Waals surface area contributed by atoms with Crippen molar-refractivity contribution in [3.05, 3.63) is 65.7 Å². The minimum Gasteiger partial charge on any atom is -0.489 e. The maximum atomic E-state index is 12.8. The van der Waals surface area contributed by atoms with Gasteiger partial charge in [-0.3, -0.25) is 4.79 Å². The van der Waals surface area contributed by atoms with Gasteiger partial charge in [0.05, 0.1) is 0 Å². The quantitative estimate of drug-likeness (QED) is 0.908. The van der Waals surface area contributed by atoms with Crippen LogP contribution in [-0.2, 0) is 6.61 Å². The second kappa shape index (κ2) is 8.17. The lowest BCUT2D eigenvalue weighted by Crippen LogP contribution is -2.51. The summed E-state index contributed by atoms with van der Waals surface area (Å²) in [5, 5.41) is 0. The topological polar surface area (TPSA) is 55.6 Å². The molecule has 0 spiro atoms. The molecule has 0 aromatic heterocycles. The Morgan fingerprint density at radius 1 is 1.16 bits per heavy atom. The number of hydrogen-bond acceptors (Lipinski definition) is 3. The molecule has 1 heterocycles. The van der Waals surface area contributed by atoms with E-state index in [9.17, 15) is 4.79 Å². The average molecular weight is 338 g/mol. The SMILES string of the molecule is CC1CCCN(C(=O)c2ccc(OCc3ccccc3)cc2)C1CN. The summed E-state index contributed by atoms with van der Waals surface area (Å²) in [7, 11) is 0. The first-order valence-electron chi connectivity index (χ1n) is 8.97. The summed E-state index contributed by atoms with van der Waals surface area (Å²) in [6, 6.07) is 17.6. The Kier molecular flexibility index (Phi) is 5.71. The van der Waals surface area contributed by atoms with E-state index in [1.807, 2.05) is 59.5 Å². The summed E-state index contributed by atoms with van der Waals surface area (Å²) in [5.41, 5.74) is 7.72. The van der Waals surface area contributed by atoms with Gasteiger partial charge in [-0.1, -0.05) is 37.3 Å². The fourth-order valence-corrected chi connectivity index (χ4v) is 3.46. The van der Waals surface area contributed by atoms with Gasteiger partial charge in [0.25, 0.3) is 5.91 Å². The number of likely N-dealkylation sites (tertiary alicyclic amines) is 1. The van der Waals surface area contributed by atoms with Crippen molar-refractivity contribution in [1.29, 1.82) is 0 Å². The van der Waals surface area contributed by atoms with E-state index in [2.05, 4.69) is 6.92 Å². The molecule has 4 heteroatoms. The van der Waals surface area contributed by atoms with Crippen LogP contribution in [0.15, 0.2) is 54.6 Å². The van der Waals surface area contributed by atoms with Gasteiger partial charge in [0.1, 0.15) is 12.4 Å². The number of carbonyl (C=O) groups is 1. The van der Waals surface area contributed by atoms with Crippen molar-refractivity contribution in [3.63, 3.8) is 0 Å². The van der Waals surface area contributed by atoms with E-state index in [0.29, 0.717) is 24.6 Å². The number of piperidine rings is 1. The number of rotatable bonds is 5. The molecule has 2 N–H and O–H groups in total. The molecule has 132 valence electrons. The number of ether oxygens (including phenoxy) is 1. The molecule has 1 aliphatic heterocycles. The Hall–Kier alpha value is -2.33. The highest BCUT2D eigenvalue weighted by Gasteiger charge is 2.31. The third kappa shape index (κ3) is 4.20. The lowest BCUT2D eigenvalue weighted by atomic mass is 9.90. The number of amides is 1. The van der Waals surface area contributed by atoms with Crippen LogP contribution in [0.5, 0.6) is 5.75 Å². The molecule has 4 nitrogen and oxygen atoms in total. The molecular weight excluding hydrogens is 312 g/mol. The van der Waals surface area contributed by atoms with Gasteiger partial charge in [0, 0.05) is 24.7 Å². The molecule has 2 atom stereocenters. The van der Waals surface area contributed by atoms with Gasteiger partial charge in [0.15, 0.2) is 0 Å². The second-order valence-electron chi connectivity index (χ2n) is 6.72. The third-order valence-corrected chi connectivity index (χ3v) is 4.97. The Bertz CT molecular complexity index is 685. The van der Waals surface area contributed by atoms with E-state index in [0.717, 1.165) is 30.7 Å². The predicted octanol–water partition coefficient (Wildman–Crippen LogP) is 3.47. The van der Waals surface area contributed by atoms with Crippen LogP contribution in [-0.4, -0.2) is 29.9 Å². The minimum atomic E-state index is 0.0663. The van der Waals surface area contributed by atoms with Gasteiger partial charge >= 0.3 is 0 Å². The van der Waals surface area contributed by atoms with Crippen molar-refractivity contribution in [2.24, 2.45) is 11.7 Å². The van der Waals surface area contributed by atoms with Gasteiger partial charge in [0.2, 0.25) is 0 Å². The van der Waals surface area contributed by atoms with Crippen molar-refractivity contribution >= 4 is 5.91 Å². The van der Waals surface area contributed by atoms with Gasteiger partial charge in [-0.05, 0) is 48.6 Å². The summed E-state index contributed by atoms with van der Waals surface area (Å²) >= 11 is 0. The van der Waals surface area contributed by atoms with Crippen LogP contribution < -0.4 is 10.5 Å². The Labute approximate surface area is 149 Å². The Morgan fingerprint density at radius 2 is 1.88 bits per heavy atom. The van der Waals surface area contributed by atoms with Crippen molar-refractivity contribution < 1.29 is 9.53 Å². The molecule has 1 amide bonds. The van der Waals surface area contributed by atoms with Crippen LogP contribution in [0.2, 0.25) is 0 Å². The maximum absolute atomic E-state index is 12.8. The van der Waals surface area contributed by atoms with Gasteiger partial charge < -0.3 is 15.4 Å². The van der Waals surface area contributed by atoms with E-state index < -0.39 is 0 Å². The highest BCUT2D eigenvalue weighted by molar-refractivity contribution is 5.94. The molecule has 1 saturated heterocycles. The lowest BCUT2D eigenvalue weighted by Gasteiger charge is -2.39. The first-order chi connectivity index (χ1) is 12.2. The highest BCUT2D eigenvalue weighted by Crippen LogP contribution is 2.25. The minimum absolute atomic E-state index is 0.0663. The lowest BCUT2D eigenvalue weighted by molar-refractivity contribution is 0.0532. The Morgan fingerprint density at radius 3 is 2.56 bits per heavy atom. The van der Waals surface area contributed by atoms with Crippen LogP contribution in [0.1, 0.15) is 35.7 Å². The van der Waals surface area contributed by atoms with Crippen LogP contribution in [0.25, 0.3) is 0 Å². The van der Waals surface area contributed by atoms with Crippen LogP contribution in [0.3, 0.4) is 0 Å². The first kappa shape index (κ1) is 17.5. The monoisotopic (exact) mass is 338 g/mol. The number of carbonyl (C=O) groups excluding carboxylic acids is 1. The number of nitrogens with two attached hydrogens (primary N) is 1. The van der Waals surface area contributed by atoms with Gasteiger partial charge in [-0.15, -0.1) is 0 Å². The predicted molar refractivity (Wildman–Crippen MR) is 99.5 cm³/mol. The summed E-state index contributed by atoms with van der Waals surface area (Å²) in [6.45, 7) is 4.01. The molecule has 1 fully saturated rings. The fraction of sp³-hybridized carbons (Fsp3) is 0.381. The van der Waals surface area contributed by atoms with Gasteiger partial charge in [-0.25, -0.2) is 0 Å². The zero-order chi connectivity index (χ0) is 17.6. The van der Waals surface area contributed by atoms with Crippen LogP contribution in [0, 0.1) is 5.92 Å².